The van der Waals surface area contributed by atoms with Crippen LogP contribution in [0.3, 0.4) is 0 Å². The SMILES string of the molecule is C=C([C@@H](c1ccc(OC)cc1)[C@H](O)c1ccccc1)[Si](C)(C)c1ccccc1. The Morgan fingerprint density at radius 1 is 0.821 bits per heavy atom. The number of aliphatic hydroxyl groups is 1. The number of hydrogen-bond acceptors (Lipinski definition) is 2. The van der Waals surface area contributed by atoms with Gasteiger partial charge in [-0.1, -0.05) is 96.3 Å². The molecule has 0 aliphatic carbocycles. The van der Waals surface area contributed by atoms with E-state index in [4.69, 9.17) is 4.74 Å². The second-order valence-electron chi connectivity index (χ2n) is 7.62. The highest BCUT2D eigenvalue weighted by Gasteiger charge is 2.36. The molecule has 3 aromatic rings. The van der Waals surface area contributed by atoms with Gasteiger partial charge in [0.2, 0.25) is 0 Å². The summed E-state index contributed by atoms with van der Waals surface area (Å²) in [5, 5.41) is 13.8. The van der Waals surface area contributed by atoms with Crippen molar-refractivity contribution < 1.29 is 9.84 Å². The Bertz CT molecular complexity index is 902. The van der Waals surface area contributed by atoms with E-state index in [0.29, 0.717) is 0 Å². The predicted octanol–water partition coefficient (Wildman–Crippen LogP) is 5.22. The summed E-state index contributed by atoms with van der Waals surface area (Å²) in [6, 6.07) is 28.4. The van der Waals surface area contributed by atoms with Gasteiger partial charge in [0.1, 0.15) is 13.8 Å². The van der Waals surface area contributed by atoms with E-state index in [9.17, 15) is 5.11 Å². The first-order valence-electron chi connectivity index (χ1n) is 9.57. The molecule has 0 fully saturated rings. The van der Waals surface area contributed by atoms with Gasteiger partial charge in [-0.15, -0.1) is 6.58 Å². The van der Waals surface area contributed by atoms with Crippen molar-refractivity contribution in [2.75, 3.05) is 7.11 Å². The van der Waals surface area contributed by atoms with Gasteiger partial charge in [0.05, 0.1) is 13.2 Å². The third kappa shape index (κ3) is 4.11. The Labute approximate surface area is 169 Å². The molecule has 0 unspecified atom stereocenters. The van der Waals surface area contributed by atoms with Crippen molar-refractivity contribution in [1.82, 2.24) is 0 Å². The minimum absolute atomic E-state index is 0.185. The van der Waals surface area contributed by atoms with Crippen LogP contribution in [0, 0.1) is 0 Å². The van der Waals surface area contributed by atoms with Crippen LogP contribution in [0.15, 0.2) is 96.7 Å². The molecule has 1 N–H and O–H groups in total. The molecule has 144 valence electrons. The van der Waals surface area contributed by atoms with Crippen molar-refractivity contribution in [3.05, 3.63) is 108 Å². The van der Waals surface area contributed by atoms with E-state index in [1.165, 1.54) is 5.19 Å². The van der Waals surface area contributed by atoms with E-state index in [2.05, 4.69) is 43.9 Å². The molecule has 0 saturated heterocycles. The van der Waals surface area contributed by atoms with Crippen molar-refractivity contribution in [3.8, 4) is 5.75 Å². The quantitative estimate of drug-likeness (QED) is 0.562. The molecular formula is C25H28O2Si. The van der Waals surface area contributed by atoms with Crippen molar-refractivity contribution in [2.24, 2.45) is 0 Å². The molecule has 0 bridgehead atoms. The number of ether oxygens (including phenoxy) is 1. The first kappa shape index (κ1) is 20.1. The molecule has 28 heavy (non-hydrogen) atoms. The lowest BCUT2D eigenvalue weighted by atomic mass is 9.89. The highest BCUT2D eigenvalue weighted by Crippen LogP contribution is 2.40. The standard InChI is InChI=1S/C25H28O2Si/c1-19(28(3,4)23-13-9-6-10-14-23)24(20-15-17-22(27-2)18-16-20)25(26)21-11-7-5-8-12-21/h5-18,24-26H,1H2,2-4H3/t24-,25+/m0/s1. The summed E-state index contributed by atoms with van der Waals surface area (Å²) in [4.78, 5) is 0. The van der Waals surface area contributed by atoms with Gasteiger partial charge in [-0.2, -0.15) is 0 Å². The summed E-state index contributed by atoms with van der Waals surface area (Å²) < 4.78 is 5.31. The van der Waals surface area contributed by atoms with E-state index in [-0.39, 0.29) is 5.92 Å². The van der Waals surface area contributed by atoms with Crippen molar-refractivity contribution in [3.63, 3.8) is 0 Å². The first-order valence-corrected chi connectivity index (χ1v) is 12.6. The maximum atomic E-state index is 11.4. The summed E-state index contributed by atoms with van der Waals surface area (Å²) in [5.74, 6) is 0.622. The van der Waals surface area contributed by atoms with Gasteiger partial charge in [0.15, 0.2) is 0 Å². The molecule has 0 heterocycles. The minimum Gasteiger partial charge on any atom is -0.497 e. The average molecular weight is 389 g/mol. The Kier molecular flexibility index (Phi) is 6.17. The Morgan fingerprint density at radius 3 is 1.89 bits per heavy atom. The van der Waals surface area contributed by atoms with Crippen molar-refractivity contribution in [2.45, 2.75) is 25.1 Å². The highest BCUT2D eigenvalue weighted by molar-refractivity contribution is 6.95. The van der Waals surface area contributed by atoms with Gasteiger partial charge in [0.25, 0.3) is 0 Å². The van der Waals surface area contributed by atoms with Crippen LogP contribution >= 0.6 is 0 Å². The van der Waals surface area contributed by atoms with E-state index in [1.54, 1.807) is 7.11 Å². The van der Waals surface area contributed by atoms with Gasteiger partial charge in [-0.3, -0.25) is 0 Å². The molecule has 0 amide bonds. The molecule has 0 spiro atoms. The van der Waals surface area contributed by atoms with Gasteiger partial charge >= 0.3 is 0 Å². The van der Waals surface area contributed by atoms with Gasteiger partial charge in [0, 0.05) is 5.92 Å². The van der Waals surface area contributed by atoms with E-state index < -0.39 is 14.2 Å². The molecule has 0 aliphatic heterocycles. The zero-order valence-corrected chi connectivity index (χ0v) is 17.8. The maximum Gasteiger partial charge on any atom is 0.118 e. The highest BCUT2D eigenvalue weighted by atomic mass is 28.3. The molecule has 0 aromatic heterocycles. The molecule has 0 saturated carbocycles. The molecule has 0 radical (unpaired) electrons. The molecule has 2 atom stereocenters. The fourth-order valence-electron chi connectivity index (χ4n) is 3.66. The number of methoxy groups -OCH3 is 1. The summed E-state index contributed by atoms with van der Waals surface area (Å²) >= 11 is 0. The Morgan fingerprint density at radius 2 is 1.36 bits per heavy atom. The Balaban J connectivity index is 2.05. The fourth-order valence-corrected chi connectivity index (χ4v) is 6.16. The summed E-state index contributed by atoms with van der Waals surface area (Å²) in [5.41, 5.74) is 1.96. The second-order valence-corrected chi connectivity index (χ2v) is 12.1. The van der Waals surface area contributed by atoms with Gasteiger partial charge in [-0.05, 0) is 23.3 Å². The fraction of sp³-hybridized carbons (Fsp3) is 0.200. The number of aliphatic hydroxyl groups excluding tert-OH is 1. The monoisotopic (exact) mass is 388 g/mol. The van der Waals surface area contributed by atoms with Crippen LogP contribution in [-0.2, 0) is 0 Å². The van der Waals surface area contributed by atoms with Crippen LogP contribution in [-0.4, -0.2) is 20.3 Å². The molecule has 2 nitrogen and oxygen atoms in total. The zero-order chi connectivity index (χ0) is 20.1. The smallest absolute Gasteiger partial charge is 0.118 e. The van der Waals surface area contributed by atoms with Crippen LogP contribution in [0.4, 0.5) is 0 Å². The van der Waals surface area contributed by atoms with Crippen LogP contribution in [0.25, 0.3) is 0 Å². The van der Waals surface area contributed by atoms with E-state index in [0.717, 1.165) is 22.1 Å². The molecule has 3 heteroatoms. The molecule has 3 rings (SSSR count). The first-order chi connectivity index (χ1) is 13.4. The lowest BCUT2D eigenvalue weighted by molar-refractivity contribution is 0.160. The predicted molar refractivity (Wildman–Crippen MR) is 120 cm³/mol. The van der Waals surface area contributed by atoms with Crippen LogP contribution in [0.5, 0.6) is 5.75 Å². The zero-order valence-electron chi connectivity index (χ0n) is 16.8. The summed E-state index contributed by atoms with van der Waals surface area (Å²) in [6.45, 7) is 9.15. The molecule has 3 aromatic carbocycles. The average Bonchev–Trinajstić information content (AvgIpc) is 2.75. The van der Waals surface area contributed by atoms with E-state index in [1.807, 2.05) is 60.7 Å². The van der Waals surface area contributed by atoms with Crippen molar-refractivity contribution in [1.29, 1.82) is 0 Å². The van der Waals surface area contributed by atoms with Crippen LogP contribution in [0.1, 0.15) is 23.1 Å². The maximum absolute atomic E-state index is 11.4. The lowest BCUT2D eigenvalue weighted by Crippen LogP contribution is -2.46. The van der Waals surface area contributed by atoms with Gasteiger partial charge in [-0.25, -0.2) is 0 Å². The molecule has 0 aliphatic rings. The largest absolute Gasteiger partial charge is 0.497 e. The normalized spacial score (nSPS) is 13.6. The van der Waals surface area contributed by atoms with Gasteiger partial charge < -0.3 is 9.84 Å². The van der Waals surface area contributed by atoms with Crippen molar-refractivity contribution >= 4 is 13.3 Å². The van der Waals surface area contributed by atoms with Crippen LogP contribution < -0.4 is 9.92 Å². The topological polar surface area (TPSA) is 29.5 Å². The summed E-state index contributed by atoms with van der Waals surface area (Å²) in [6.07, 6.45) is -0.655. The summed E-state index contributed by atoms with van der Waals surface area (Å²) in [7, 11) is -0.370. The lowest BCUT2D eigenvalue weighted by Gasteiger charge is -2.35. The molecular weight excluding hydrogens is 360 g/mol. The third-order valence-electron chi connectivity index (χ3n) is 5.61. The van der Waals surface area contributed by atoms with E-state index >= 15 is 0 Å². The second kappa shape index (κ2) is 8.59. The Hall–Kier alpha value is -2.62. The van der Waals surface area contributed by atoms with Crippen LogP contribution in [0.2, 0.25) is 13.1 Å². The number of benzene rings is 3. The minimum atomic E-state index is -2.03. The third-order valence-corrected chi connectivity index (χ3v) is 9.30. The number of hydrogen-bond donors (Lipinski definition) is 1. The number of rotatable bonds is 7.